The van der Waals surface area contributed by atoms with E-state index < -0.39 is 0 Å². The average molecular weight is 427 g/mol. The van der Waals surface area contributed by atoms with E-state index in [1.807, 2.05) is 25.1 Å². The average Bonchev–Trinajstić information content (AvgIpc) is 2.55. The van der Waals surface area contributed by atoms with Crippen LogP contribution in [0.25, 0.3) is 0 Å². The summed E-state index contributed by atoms with van der Waals surface area (Å²) in [7, 11) is 1.78. The molecule has 1 amide bonds. The van der Waals surface area contributed by atoms with E-state index in [0.717, 1.165) is 9.13 Å². The molecule has 0 aliphatic rings. The molecule has 5 heteroatoms. The third-order valence-electron chi connectivity index (χ3n) is 3.49. The number of carbonyl (C=O) groups excluding carboxylic acids is 1. The van der Waals surface area contributed by atoms with Crippen molar-refractivity contribution in [2.24, 2.45) is 0 Å². The van der Waals surface area contributed by atoms with Crippen LogP contribution in [0, 0.1) is 16.3 Å². The fourth-order valence-corrected chi connectivity index (χ4v) is 2.59. The van der Waals surface area contributed by atoms with Gasteiger partial charge in [0.15, 0.2) is 0 Å². The molecule has 23 heavy (non-hydrogen) atoms. The summed E-state index contributed by atoms with van der Waals surface area (Å²) in [6.07, 6.45) is 0.711. The molecule has 0 saturated heterocycles. The van der Waals surface area contributed by atoms with Crippen LogP contribution in [0.1, 0.15) is 22.3 Å². The van der Waals surface area contributed by atoms with Crippen molar-refractivity contribution in [2.45, 2.75) is 13.3 Å². The molecule has 0 aromatic heterocycles. The van der Waals surface area contributed by atoms with Crippen LogP contribution in [0.15, 0.2) is 42.5 Å². The molecule has 0 fully saturated rings. The van der Waals surface area contributed by atoms with Crippen molar-refractivity contribution in [3.05, 3.63) is 63.0 Å². The van der Waals surface area contributed by atoms with Gasteiger partial charge in [0, 0.05) is 22.7 Å². The first-order chi connectivity index (χ1) is 11.0. The normalized spacial score (nSPS) is 10.4. The summed E-state index contributed by atoms with van der Waals surface area (Å²) in [5, 5.41) is 0. The molecular weight excluding hydrogens is 408 g/mol. The van der Waals surface area contributed by atoms with Crippen molar-refractivity contribution < 1.29 is 13.9 Å². The minimum absolute atomic E-state index is 0.00435. The fraction of sp³-hybridized carbons (Fsp3) is 0.278. The van der Waals surface area contributed by atoms with Crippen LogP contribution in [-0.2, 0) is 0 Å². The summed E-state index contributed by atoms with van der Waals surface area (Å²) < 4.78 is 19.4. The van der Waals surface area contributed by atoms with Crippen molar-refractivity contribution in [3.63, 3.8) is 0 Å². The number of nitrogens with zero attached hydrogens (tertiary/aromatic N) is 1. The first-order valence-corrected chi connectivity index (χ1v) is 8.45. The van der Waals surface area contributed by atoms with Gasteiger partial charge in [0.1, 0.15) is 11.6 Å². The molecule has 0 aliphatic heterocycles. The zero-order valence-electron chi connectivity index (χ0n) is 13.2. The first kappa shape index (κ1) is 17.7. The number of amides is 1. The molecule has 0 unspecified atom stereocenters. The molecule has 0 bridgehead atoms. The molecule has 0 saturated carbocycles. The zero-order chi connectivity index (χ0) is 16.8. The molecule has 0 N–H and O–H groups in total. The van der Waals surface area contributed by atoms with Crippen LogP contribution in [0.2, 0.25) is 0 Å². The van der Waals surface area contributed by atoms with Gasteiger partial charge in [-0.3, -0.25) is 4.79 Å². The highest BCUT2D eigenvalue weighted by atomic mass is 127. The van der Waals surface area contributed by atoms with Gasteiger partial charge >= 0.3 is 0 Å². The van der Waals surface area contributed by atoms with Gasteiger partial charge in [0.2, 0.25) is 0 Å². The van der Waals surface area contributed by atoms with Crippen LogP contribution >= 0.6 is 22.6 Å². The van der Waals surface area contributed by atoms with E-state index in [0.29, 0.717) is 30.9 Å². The molecule has 0 atom stereocenters. The van der Waals surface area contributed by atoms with E-state index in [1.165, 1.54) is 12.1 Å². The number of benzene rings is 2. The maximum absolute atomic E-state index is 12.8. The number of halogens is 2. The predicted octanol–water partition coefficient (Wildman–Crippen LogP) is 4.28. The molecule has 2 rings (SSSR count). The van der Waals surface area contributed by atoms with Crippen molar-refractivity contribution in [1.82, 2.24) is 4.90 Å². The van der Waals surface area contributed by atoms with Gasteiger partial charge in [-0.25, -0.2) is 4.39 Å². The second kappa shape index (κ2) is 8.29. The van der Waals surface area contributed by atoms with Crippen LogP contribution in [-0.4, -0.2) is 31.0 Å². The summed E-state index contributed by atoms with van der Waals surface area (Å²) in [5.41, 5.74) is 1.86. The molecule has 2 aromatic rings. The molecule has 0 spiro atoms. The van der Waals surface area contributed by atoms with Gasteiger partial charge in [-0.05, 0) is 77.9 Å². The first-order valence-electron chi connectivity index (χ1n) is 7.37. The second-order valence-electron chi connectivity index (χ2n) is 5.35. The van der Waals surface area contributed by atoms with Gasteiger partial charge < -0.3 is 9.64 Å². The number of rotatable bonds is 6. The lowest BCUT2D eigenvalue weighted by molar-refractivity contribution is 0.0788. The lowest BCUT2D eigenvalue weighted by Gasteiger charge is -2.17. The molecule has 0 aliphatic carbocycles. The largest absolute Gasteiger partial charge is 0.494 e. The second-order valence-corrected chi connectivity index (χ2v) is 6.51. The summed E-state index contributed by atoms with van der Waals surface area (Å²) >= 11 is 2.23. The summed E-state index contributed by atoms with van der Waals surface area (Å²) in [6, 6.07) is 11.6. The summed E-state index contributed by atoms with van der Waals surface area (Å²) in [5.74, 6) is 0.355. The molecule has 0 heterocycles. The van der Waals surface area contributed by atoms with Crippen LogP contribution in [0.5, 0.6) is 5.75 Å². The Morgan fingerprint density at radius 1 is 1.22 bits per heavy atom. The quantitative estimate of drug-likeness (QED) is 0.509. The maximum Gasteiger partial charge on any atom is 0.253 e. The Kier molecular flexibility index (Phi) is 6.38. The van der Waals surface area contributed by atoms with Crippen LogP contribution in [0.4, 0.5) is 4.39 Å². The van der Waals surface area contributed by atoms with E-state index in [9.17, 15) is 9.18 Å². The highest BCUT2D eigenvalue weighted by molar-refractivity contribution is 14.1. The highest BCUT2D eigenvalue weighted by Gasteiger charge is 2.12. The topological polar surface area (TPSA) is 29.5 Å². The van der Waals surface area contributed by atoms with Gasteiger partial charge in [-0.1, -0.05) is 6.07 Å². The van der Waals surface area contributed by atoms with Crippen LogP contribution < -0.4 is 4.74 Å². The van der Waals surface area contributed by atoms with Gasteiger partial charge in [0.05, 0.1) is 6.61 Å². The molecule has 0 radical (unpaired) electrons. The Balaban J connectivity index is 1.79. The number of carbonyl (C=O) groups is 1. The van der Waals surface area contributed by atoms with Crippen molar-refractivity contribution in [3.8, 4) is 5.75 Å². The fourth-order valence-electron chi connectivity index (χ4n) is 2.07. The zero-order valence-corrected chi connectivity index (χ0v) is 15.3. The van der Waals surface area contributed by atoms with Crippen molar-refractivity contribution in [1.29, 1.82) is 0 Å². The Hall–Kier alpha value is -1.63. The maximum atomic E-state index is 12.8. The van der Waals surface area contributed by atoms with Gasteiger partial charge in [-0.15, -0.1) is 0 Å². The third-order valence-corrected chi connectivity index (χ3v) is 4.65. The number of ether oxygens (including phenoxy) is 1. The molecule has 2 aromatic carbocycles. The van der Waals surface area contributed by atoms with E-state index in [-0.39, 0.29) is 11.7 Å². The lowest BCUT2D eigenvalue weighted by Crippen LogP contribution is -2.28. The Morgan fingerprint density at radius 3 is 2.57 bits per heavy atom. The van der Waals surface area contributed by atoms with E-state index in [1.54, 1.807) is 24.1 Å². The Labute approximate surface area is 149 Å². The Morgan fingerprint density at radius 2 is 1.91 bits per heavy atom. The summed E-state index contributed by atoms with van der Waals surface area (Å²) in [4.78, 5) is 14.0. The van der Waals surface area contributed by atoms with Gasteiger partial charge in [0.25, 0.3) is 5.91 Å². The number of hydrogen-bond acceptors (Lipinski definition) is 2. The minimum Gasteiger partial charge on any atom is -0.494 e. The number of aryl methyl sites for hydroxylation is 1. The highest BCUT2D eigenvalue weighted by Crippen LogP contribution is 2.15. The van der Waals surface area contributed by atoms with E-state index in [2.05, 4.69) is 22.6 Å². The van der Waals surface area contributed by atoms with Crippen molar-refractivity contribution >= 4 is 28.5 Å². The van der Waals surface area contributed by atoms with E-state index in [4.69, 9.17) is 4.74 Å². The smallest absolute Gasteiger partial charge is 0.253 e. The molecule has 122 valence electrons. The molecular formula is C18H19FINO2. The van der Waals surface area contributed by atoms with Gasteiger partial charge in [-0.2, -0.15) is 0 Å². The number of hydrogen-bond donors (Lipinski definition) is 0. The standard InChI is InChI=1S/C18H19FINO2/c1-13-4-5-14(12-17(13)20)18(22)21(2)10-3-11-23-16-8-6-15(19)7-9-16/h4-9,12H,3,10-11H2,1-2H3. The predicted molar refractivity (Wildman–Crippen MR) is 97.4 cm³/mol. The Bertz CT molecular complexity index is 673. The molecule has 3 nitrogen and oxygen atoms in total. The summed E-state index contributed by atoms with van der Waals surface area (Å²) in [6.45, 7) is 3.10. The lowest BCUT2D eigenvalue weighted by atomic mass is 10.1. The monoisotopic (exact) mass is 427 g/mol. The SMILES string of the molecule is Cc1ccc(C(=O)N(C)CCCOc2ccc(F)cc2)cc1I. The third kappa shape index (κ3) is 5.20. The van der Waals surface area contributed by atoms with E-state index >= 15 is 0 Å². The minimum atomic E-state index is -0.282. The van der Waals surface area contributed by atoms with Crippen LogP contribution in [0.3, 0.4) is 0 Å². The van der Waals surface area contributed by atoms with Crippen molar-refractivity contribution in [2.75, 3.05) is 20.2 Å².